The Morgan fingerprint density at radius 1 is 1.16 bits per heavy atom. The third-order valence-corrected chi connectivity index (χ3v) is 6.95. The van der Waals surface area contributed by atoms with E-state index in [-0.39, 0.29) is 21.3 Å². The number of hydrogen-bond donors (Lipinski definition) is 1. The molecule has 1 saturated heterocycles. The Bertz CT molecular complexity index is 1430. The molecule has 10 heteroatoms. The molecular weight excluding hydrogens is 508 g/mol. The summed E-state index contributed by atoms with van der Waals surface area (Å²) in [5, 5.41) is 11.5. The summed E-state index contributed by atoms with van der Waals surface area (Å²) in [4.78, 5) is 44.9. The number of anilines is 1. The van der Waals surface area contributed by atoms with Crippen molar-refractivity contribution in [1.82, 2.24) is 4.98 Å². The Kier molecular flexibility index (Phi) is 7.92. The number of Topliss-reactive ketones (excluding diaryl/α,β-unsaturated/α-hetero) is 1. The van der Waals surface area contributed by atoms with Crippen LogP contribution in [0, 0.1) is 6.92 Å². The highest BCUT2D eigenvalue weighted by Gasteiger charge is 2.49. The van der Waals surface area contributed by atoms with E-state index in [0.717, 1.165) is 11.3 Å². The zero-order chi connectivity index (χ0) is 27.4. The van der Waals surface area contributed by atoms with Crippen LogP contribution >= 0.6 is 11.3 Å². The number of benzene rings is 2. The van der Waals surface area contributed by atoms with Gasteiger partial charge in [-0.05, 0) is 44.2 Å². The number of aliphatic hydroxyl groups excluding tert-OH is 1. The van der Waals surface area contributed by atoms with Gasteiger partial charge in [0, 0.05) is 11.1 Å². The van der Waals surface area contributed by atoms with Crippen LogP contribution in [0.4, 0.5) is 5.13 Å². The van der Waals surface area contributed by atoms with Gasteiger partial charge in [-0.15, -0.1) is 0 Å². The smallest absolute Gasteiger partial charge is 0.350 e. The van der Waals surface area contributed by atoms with Crippen molar-refractivity contribution in [3.05, 3.63) is 88.5 Å². The van der Waals surface area contributed by atoms with Gasteiger partial charge in [0.25, 0.3) is 5.78 Å². The number of hydrogen-bond acceptors (Lipinski definition) is 9. The molecule has 1 aromatic heterocycles. The molecule has 4 rings (SSSR count). The first kappa shape index (κ1) is 26.6. The minimum atomic E-state index is -1.06. The SMILES string of the molecule is C=CCOc1ccc(/C(O)=C2\C(=O)C(=O)N(c3nc(C)c(C(=O)OC)s3)C2c2ccccc2OCC)cc1. The van der Waals surface area contributed by atoms with Crippen molar-refractivity contribution in [2.75, 3.05) is 25.2 Å². The molecule has 3 aromatic rings. The number of aryl methyl sites for hydroxylation is 1. The molecule has 196 valence electrons. The van der Waals surface area contributed by atoms with Crippen molar-refractivity contribution in [2.45, 2.75) is 19.9 Å². The van der Waals surface area contributed by atoms with Crippen molar-refractivity contribution in [1.29, 1.82) is 0 Å². The molecule has 0 saturated carbocycles. The molecule has 1 atom stereocenters. The van der Waals surface area contributed by atoms with Gasteiger partial charge in [-0.25, -0.2) is 9.78 Å². The summed E-state index contributed by atoms with van der Waals surface area (Å²) >= 11 is 0.930. The first-order valence-corrected chi connectivity index (χ1v) is 12.6. The van der Waals surface area contributed by atoms with E-state index in [9.17, 15) is 19.5 Å². The van der Waals surface area contributed by atoms with Gasteiger partial charge in [-0.2, -0.15) is 0 Å². The largest absolute Gasteiger partial charge is 0.507 e. The maximum absolute atomic E-state index is 13.4. The molecule has 1 fully saturated rings. The van der Waals surface area contributed by atoms with Crippen LogP contribution in [0.1, 0.15) is 39.5 Å². The third kappa shape index (κ3) is 4.90. The Morgan fingerprint density at radius 3 is 2.53 bits per heavy atom. The monoisotopic (exact) mass is 534 g/mol. The molecule has 1 aliphatic rings. The van der Waals surface area contributed by atoms with Gasteiger partial charge in [-0.1, -0.05) is 42.2 Å². The van der Waals surface area contributed by atoms with Crippen LogP contribution < -0.4 is 14.4 Å². The number of ether oxygens (including phenoxy) is 3. The van der Waals surface area contributed by atoms with Crippen molar-refractivity contribution in [3.63, 3.8) is 0 Å². The lowest BCUT2D eigenvalue weighted by atomic mass is 9.94. The fourth-order valence-corrected chi connectivity index (χ4v) is 5.12. The van der Waals surface area contributed by atoms with Gasteiger partial charge in [0.2, 0.25) is 0 Å². The second-order valence-electron chi connectivity index (χ2n) is 8.17. The maximum Gasteiger partial charge on any atom is 0.350 e. The van der Waals surface area contributed by atoms with E-state index in [4.69, 9.17) is 14.2 Å². The number of amides is 1. The number of rotatable bonds is 9. The number of carbonyl (C=O) groups excluding carboxylic acids is 3. The summed E-state index contributed by atoms with van der Waals surface area (Å²) in [5.41, 5.74) is 1.02. The number of thiazole rings is 1. The van der Waals surface area contributed by atoms with E-state index in [1.54, 1.807) is 61.5 Å². The van der Waals surface area contributed by atoms with E-state index in [1.165, 1.54) is 12.0 Å². The minimum absolute atomic E-state index is 0.119. The molecule has 0 spiro atoms. The summed E-state index contributed by atoms with van der Waals surface area (Å²) in [5.74, 6) is -1.76. The maximum atomic E-state index is 13.4. The van der Waals surface area contributed by atoms with Crippen LogP contribution in [0.2, 0.25) is 0 Å². The number of carbonyl (C=O) groups is 3. The molecule has 2 aromatic carbocycles. The van der Waals surface area contributed by atoms with Gasteiger partial charge in [-0.3, -0.25) is 14.5 Å². The summed E-state index contributed by atoms with van der Waals surface area (Å²) in [6, 6.07) is 12.4. The first-order chi connectivity index (χ1) is 18.3. The molecule has 38 heavy (non-hydrogen) atoms. The van der Waals surface area contributed by atoms with Crippen LogP contribution in [0.25, 0.3) is 5.76 Å². The second kappa shape index (κ2) is 11.3. The standard InChI is InChI=1S/C28H26N2O7S/c1-5-15-37-18-13-11-17(12-14-18)23(31)21-22(19-9-7-8-10-20(19)36-6-2)30(26(33)24(21)32)28-29-16(3)25(38-28)27(34)35-4/h5,7-14,22,31H,1,6,15H2,2-4H3/b23-21+. The summed E-state index contributed by atoms with van der Waals surface area (Å²) in [6.45, 7) is 7.69. The molecule has 1 amide bonds. The molecule has 0 bridgehead atoms. The highest BCUT2D eigenvalue weighted by atomic mass is 32.1. The lowest BCUT2D eigenvalue weighted by Gasteiger charge is -2.24. The number of aliphatic hydroxyl groups is 1. The van der Waals surface area contributed by atoms with Gasteiger partial charge in [0.15, 0.2) is 5.13 Å². The highest BCUT2D eigenvalue weighted by Crippen LogP contribution is 2.46. The van der Waals surface area contributed by atoms with Crippen molar-refractivity contribution < 1.29 is 33.7 Å². The number of methoxy groups -OCH3 is 1. The molecule has 1 N–H and O–H groups in total. The van der Waals surface area contributed by atoms with Crippen molar-refractivity contribution >= 4 is 39.9 Å². The van der Waals surface area contributed by atoms with Gasteiger partial charge in [0.1, 0.15) is 34.8 Å². The molecule has 1 unspecified atom stereocenters. The Morgan fingerprint density at radius 2 is 1.87 bits per heavy atom. The van der Waals surface area contributed by atoms with Gasteiger partial charge in [0.05, 0.1) is 25.0 Å². The Labute approximate surface area is 223 Å². The second-order valence-corrected chi connectivity index (χ2v) is 9.14. The van der Waals surface area contributed by atoms with E-state index in [1.807, 2.05) is 6.92 Å². The van der Waals surface area contributed by atoms with E-state index < -0.39 is 23.7 Å². The molecule has 9 nitrogen and oxygen atoms in total. The van der Waals surface area contributed by atoms with Crippen molar-refractivity contribution in [2.24, 2.45) is 0 Å². The topological polar surface area (TPSA) is 115 Å². The van der Waals surface area contributed by atoms with Crippen LogP contribution in [0.3, 0.4) is 0 Å². The zero-order valence-corrected chi connectivity index (χ0v) is 21.9. The number of ketones is 1. The predicted molar refractivity (Wildman–Crippen MR) is 143 cm³/mol. The number of nitrogens with zero attached hydrogens (tertiary/aromatic N) is 2. The fraction of sp³-hybridized carbons (Fsp3) is 0.214. The number of aromatic nitrogens is 1. The van der Waals surface area contributed by atoms with Gasteiger partial charge >= 0.3 is 11.9 Å². The normalized spacial score (nSPS) is 16.4. The van der Waals surface area contributed by atoms with Crippen LogP contribution in [-0.2, 0) is 14.3 Å². The minimum Gasteiger partial charge on any atom is -0.507 e. The summed E-state index contributed by atoms with van der Waals surface area (Å²) in [6.07, 6.45) is 1.61. The Balaban J connectivity index is 1.91. The zero-order valence-electron chi connectivity index (χ0n) is 21.1. The fourth-order valence-electron chi connectivity index (χ4n) is 4.10. The van der Waals surface area contributed by atoms with Gasteiger partial charge < -0.3 is 19.3 Å². The van der Waals surface area contributed by atoms with Crippen LogP contribution in [0.15, 0.2) is 66.8 Å². The average Bonchev–Trinajstić information content (AvgIpc) is 3.43. The Hall–Kier alpha value is -4.44. The van der Waals surface area contributed by atoms with E-state index in [2.05, 4.69) is 11.6 Å². The third-order valence-electron chi connectivity index (χ3n) is 5.82. The number of para-hydroxylation sites is 1. The van der Waals surface area contributed by atoms with Crippen LogP contribution in [0.5, 0.6) is 11.5 Å². The van der Waals surface area contributed by atoms with Crippen LogP contribution in [-0.4, -0.2) is 48.1 Å². The molecule has 2 heterocycles. The summed E-state index contributed by atoms with van der Waals surface area (Å²) in [7, 11) is 1.25. The predicted octanol–water partition coefficient (Wildman–Crippen LogP) is 4.83. The summed E-state index contributed by atoms with van der Waals surface area (Å²) < 4.78 is 16.1. The lowest BCUT2D eigenvalue weighted by molar-refractivity contribution is -0.132. The van der Waals surface area contributed by atoms with E-state index in [0.29, 0.717) is 41.5 Å². The molecular formula is C28H26N2O7S. The number of esters is 1. The van der Waals surface area contributed by atoms with E-state index >= 15 is 0 Å². The molecule has 1 aliphatic heterocycles. The molecule has 0 aliphatic carbocycles. The lowest BCUT2D eigenvalue weighted by Crippen LogP contribution is -2.29. The highest BCUT2D eigenvalue weighted by molar-refractivity contribution is 7.17. The average molecular weight is 535 g/mol. The molecule has 0 radical (unpaired) electrons. The quantitative estimate of drug-likeness (QED) is 0.137. The van der Waals surface area contributed by atoms with Crippen molar-refractivity contribution in [3.8, 4) is 11.5 Å². The first-order valence-electron chi connectivity index (χ1n) is 11.7.